The summed E-state index contributed by atoms with van der Waals surface area (Å²) in [7, 11) is 1.08. The van der Waals surface area contributed by atoms with E-state index in [1.54, 1.807) is 0 Å². The Bertz CT molecular complexity index is 445. The van der Waals surface area contributed by atoms with Crippen LogP contribution in [0.25, 0.3) is 0 Å². The molecule has 0 amide bonds. The van der Waals surface area contributed by atoms with E-state index in [4.69, 9.17) is 5.73 Å². The molecule has 1 aromatic carbocycles. The average molecular weight is 265 g/mol. The first-order chi connectivity index (χ1) is 8.25. The summed E-state index contributed by atoms with van der Waals surface area (Å²) >= 11 is 0. The Morgan fingerprint density at radius 3 is 2.56 bits per heavy atom. The van der Waals surface area contributed by atoms with E-state index in [1.807, 2.05) is 0 Å². The highest BCUT2D eigenvalue weighted by Crippen LogP contribution is 2.33. The number of benzene rings is 1. The molecular weight excluding hydrogens is 254 g/mol. The number of halogens is 4. The lowest BCUT2D eigenvalue weighted by Crippen LogP contribution is -2.34. The second-order valence-corrected chi connectivity index (χ2v) is 3.63. The lowest BCUT2D eigenvalue weighted by molar-refractivity contribution is -0.143. The Labute approximate surface area is 101 Å². The van der Waals surface area contributed by atoms with Crippen LogP contribution < -0.4 is 5.73 Å². The van der Waals surface area contributed by atoms with Crippen LogP contribution >= 0.6 is 0 Å². The van der Waals surface area contributed by atoms with Gasteiger partial charge in [-0.05, 0) is 24.1 Å². The highest BCUT2D eigenvalue weighted by atomic mass is 19.4. The van der Waals surface area contributed by atoms with Crippen molar-refractivity contribution in [2.24, 2.45) is 5.73 Å². The molecule has 7 heteroatoms. The lowest BCUT2D eigenvalue weighted by Gasteiger charge is -2.15. The zero-order valence-electron chi connectivity index (χ0n) is 9.42. The largest absolute Gasteiger partial charge is 0.468 e. The zero-order chi connectivity index (χ0) is 13.9. The summed E-state index contributed by atoms with van der Waals surface area (Å²) in [4.78, 5) is 11.0. The molecule has 0 heterocycles. The van der Waals surface area contributed by atoms with Gasteiger partial charge in [0.05, 0.1) is 12.7 Å². The molecule has 0 spiro atoms. The molecule has 1 aromatic rings. The van der Waals surface area contributed by atoms with Crippen LogP contribution in [-0.2, 0) is 22.1 Å². The van der Waals surface area contributed by atoms with Gasteiger partial charge < -0.3 is 10.5 Å². The molecule has 0 aliphatic carbocycles. The van der Waals surface area contributed by atoms with Gasteiger partial charge in [-0.3, -0.25) is 4.79 Å². The van der Waals surface area contributed by atoms with Gasteiger partial charge in [-0.25, -0.2) is 4.39 Å². The van der Waals surface area contributed by atoms with Crippen LogP contribution in [0.5, 0.6) is 0 Å². The molecule has 0 aliphatic heterocycles. The number of hydrogen-bond donors (Lipinski definition) is 1. The van der Waals surface area contributed by atoms with Crippen molar-refractivity contribution in [3.8, 4) is 0 Å². The number of ether oxygens (including phenoxy) is 1. The topological polar surface area (TPSA) is 52.3 Å². The minimum absolute atomic E-state index is 0.248. The molecule has 2 N–H and O–H groups in total. The predicted octanol–water partition coefficient (Wildman–Crippen LogP) is 1.89. The van der Waals surface area contributed by atoms with Crippen molar-refractivity contribution in [3.63, 3.8) is 0 Å². The van der Waals surface area contributed by atoms with Crippen LogP contribution in [0.1, 0.15) is 11.1 Å². The van der Waals surface area contributed by atoms with Gasteiger partial charge in [0, 0.05) is 0 Å². The zero-order valence-corrected chi connectivity index (χ0v) is 9.42. The monoisotopic (exact) mass is 265 g/mol. The summed E-state index contributed by atoms with van der Waals surface area (Å²) in [6.07, 6.45) is -5.07. The molecule has 0 saturated carbocycles. The van der Waals surface area contributed by atoms with Gasteiger partial charge >= 0.3 is 12.1 Å². The average Bonchev–Trinajstić information content (AvgIpc) is 2.28. The number of methoxy groups -OCH3 is 1. The first-order valence-corrected chi connectivity index (χ1v) is 4.94. The summed E-state index contributed by atoms with van der Waals surface area (Å²) in [5.74, 6) is -1.83. The van der Waals surface area contributed by atoms with Gasteiger partial charge in [-0.2, -0.15) is 13.2 Å². The van der Waals surface area contributed by atoms with Crippen molar-refractivity contribution in [2.45, 2.75) is 18.6 Å². The Kier molecular flexibility index (Phi) is 4.28. The number of nitrogens with two attached hydrogens (primary N) is 1. The van der Waals surface area contributed by atoms with E-state index < -0.39 is 29.6 Å². The SMILES string of the molecule is COC(=O)[C@H](N)Cc1ccc(F)cc1C(F)(F)F. The molecule has 0 bridgehead atoms. The van der Waals surface area contributed by atoms with Gasteiger partial charge in [0.15, 0.2) is 0 Å². The summed E-state index contributed by atoms with van der Waals surface area (Å²) in [5, 5.41) is 0. The van der Waals surface area contributed by atoms with Crippen LogP contribution in [0, 0.1) is 5.82 Å². The van der Waals surface area contributed by atoms with Crippen molar-refractivity contribution >= 4 is 5.97 Å². The van der Waals surface area contributed by atoms with Crippen molar-refractivity contribution in [3.05, 3.63) is 35.1 Å². The lowest BCUT2D eigenvalue weighted by atomic mass is 10.00. The second kappa shape index (κ2) is 5.34. The molecule has 100 valence electrons. The maximum absolute atomic E-state index is 12.8. The fourth-order valence-electron chi connectivity index (χ4n) is 1.46. The third-order valence-electron chi connectivity index (χ3n) is 2.32. The van der Waals surface area contributed by atoms with Crippen LogP contribution in [0.3, 0.4) is 0 Å². The number of hydrogen-bond acceptors (Lipinski definition) is 3. The van der Waals surface area contributed by atoms with Gasteiger partial charge in [0.25, 0.3) is 0 Å². The van der Waals surface area contributed by atoms with E-state index in [0.29, 0.717) is 6.07 Å². The summed E-state index contributed by atoms with van der Waals surface area (Å²) < 4.78 is 55.0. The van der Waals surface area contributed by atoms with E-state index in [-0.39, 0.29) is 12.0 Å². The normalized spacial score (nSPS) is 13.2. The van der Waals surface area contributed by atoms with Gasteiger partial charge in [-0.1, -0.05) is 6.07 Å². The van der Waals surface area contributed by atoms with E-state index in [0.717, 1.165) is 19.2 Å². The summed E-state index contributed by atoms with van der Waals surface area (Å²) in [6, 6.07) is 0.996. The van der Waals surface area contributed by atoms with Gasteiger partial charge in [0.2, 0.25) is 0 Å². The third kappa shape index (κ3) is 3.43. The molecule has 3 nitrogen and oxygen atoms in total. The second-order valence-electron chi connectivity index (χ2n) is 3.63. The standard InChI is InChI=1S/C11H11F4NO2/c1-18-10(17)9(16)4-6-2-3-7(12)5-8(6)11(13,14)15/h2-3,5,9H,4,16H2,1H3/t9-/m1/s1. The minimum atomic E-state index is -4.70. The number of rotatable bonds is 3. The number of carbonyl (C=O) groups is 1. The van der Waals surface area contributed by atoms with Gasteiger partial charge in [0.1, 0.15) is 11.9 Å². The maximum atomic E-state index is 12.8. The molecule has 0 radical (unpaired) electrons. The van der Waals surface area contributed by atoms with E-state index in [2.05, 4.69) is 4.74 Å². The van der Waals surface area contributed by atoms with Crippen molar-refractivity contribution in [1.29, 1.82) is 0 Å². The van der Waals surface area contributed by atoms with Gasteiger partial charge in [-0.15, -0.1) is 0 Å². The number of carbonyl (C=O) groups excluding carboxylic acids is 1. The predicted molar refractivity (Wildman–Crippen MR) is 55.1 cm³/mol. The molecule has 0 fully saturated rings. The van der Waals surface area contributed by atoms with E-state index in [9.17, 15) is 22.4 Å². The molecule has 1 rings (SSSR count). The molecule has 0 aliphatic rings. The van der Waals surface area contributed by atoms with Crippen molar-refractivity contribution < 1.29 is 27.1 Å². The smallest absolute Gasteiger partial charge is 0.416 e. The fourth-order valence-corrected chi connectivity index (χ4v) is 1.46. The Balaban J connectivity index is 3.06. The summed E-state index contributed by atoms with van der Waals surface area (Å²) in [5.41, 5.74) is 3.99. The van der Waals surface area contributed by atoms with Crippen LogP contribution in [0.2, 0.25) is 0 Å². The van der Waals surface area contributed by atoms with E-state index in [1.165, 1.54) is 0 Å². The molecular formula is C11H11F4NO2. The third-order valence-corrected chi connectivity index (χ3v) is 2.32. The molecule has 1 atom stereocenters. The van der Waals surface area contributed by atoms with Crippen molar-refractivity contribution in [2.75, 3.05) is 7.11 Å². The molecule has 0 unspecified atom stereocenters. The number of esters is 1. The first-order valence-electron chi connectivity index (χ1n) is 4.94. The molecule has 0 aromatic heterocycles. The maximum Gasteiger partial charge on any atom is 0.416 e. The quantitative estimate of drug-likeness (QED) is 0.670. The van der Waals surface area contributed by atoms with Crippen LogP contribution in [0.15, 0.2) is 18.2 Å². The highest BCUT2D eigenvalue weighted by Gasteiger charge is 2.34. The molecule has 0 saturated heterocycles. The minimum Gasteiger partial charge on any atom is -0.468 e. The highest BCUT2D eigenvalue weighted by molar-refractivity contribution is 5.75. The summed E-state index contributed by atoms with van der Waals surface area (Å²) in [6.45, 7) is 0. The van der Waals surface area contributed by atoms with E-state index >= 15 is 0 Å². The Morgan fingerprint density at radius 2 is 2.06 bits per heavy atom. The van der Waals surface area contributed by atoms with Crippen molar-refractivity contribution in [1.82, 2.24) is 0 Å². The first kappa shape index (κ1) is 14.4. The number of alkyl halides is 3. The Morgan fingerprint density at radius 1 is 1.44 bits per heavy atom. The fraction of sp³-hybridized carbons (Fsp3) is 0.364. The molecule has 18 heavy (non-hydrogen) atoms. The van der Waals surface area contributed by atoms with Crippen LogP contribution in [0.4, 0.5) is 17.6 Å². The van der Waals surface area contributed by atoms with Crippen LogP contribution in [-0.4, -0.2) is 19.1 Å². The Hall–Kier alpha value is -1.63.